The quantitative estimate of drug-likeness (QED) is 0.653. The summed E-state index contributed by atoms with van der Waals surface area (Å²) < 4.78 is 0. The van der Waals surface area contributed by atoms with Crippen molar-refractivity contribution in [2.45, 2.75) is 19.8 Å². The first kappa shape index (κ1) is 16.1. The van der Waals surface area contributed by atoms with Gasteiger partial charge >= 0.3 is 0 Å². The summed E-state index contributed by atoms with van der Waals surface area (Å²) in [6.07, 6.45) is 5.75. The average Bonchev–Trinajstić information content (AvgIpc) is 3.27. The Bertz CT molecular complexity index is 723. The van der Waals surface area contributed by atoms with Crippen LogP contribution in [0.25, 0.3) is 0 Å². The molecule has 4 rings (SSSR count). The van der Waals surface area contributed by atoms with Crippen LogP contribution in [0.1, 0.15) is 17.5 Å². The number of benzene rings is 1. The third-order valence-corrected chi connectivity index (χ3v) is 5.72. The van der Waals surface area contributed by atoms with Crippen molar-refractivity contribution < 1.29 is 14.4 Å². The minimum atomic E-state index is -0.269. The van der Waals surface area contributed by atoms with Crippen LogP contribution in [0, 0.1) is 30.6 Å². The summed E-state index contributed by atoms with van der Waals surface area (Å²) in [5.41, 5.74) is 2.35. The Morgan fingerprint density at radius 2 is 1.68 bits per heavy atom. The Balaban J connectivity index is 1.30. The lowest BCUT2D eigenvalue weighted by molar-refractivity contribution is -0.144. The standard InChI is InChI=1S/C20H22N2O3/c1-12-2-4-13(5-3-12)8-9-21-16(23)11-22-19(24)17-14-6-7-15(10-14)18(17)20(22)25/h2-7,14-15,17-18H,8-11H2,1H3,(H,21,23)/t14-,15-,17-,18-/m0/s1. The topological polar surface area (TPSA) is 66.5 Å². The highest BCUT2D eigenvalue weighted by atomic mass is 16.2. The van der Waals surface area contributed by atoms with E-state index in [1.807, 2.05) is 31.2 Å². The van der Waals surface area contributed by atoms with Gasteiger partial charge in [0.25, 0.3) is 0 Å². The molecule has 1 saturated carbocycles. The summed E-state index contributed by atoms with van der Waals surface area (Å²) in [6, 6.07) is 8.16. The normalized spacial score (nSPS) is 29.4. The molecule has 1 aromatic rings. The van der Waals surface area contributed by atoms with E-state index in [4.69, 9.17) is 0 Å². The van der Waals surface area contributed by atoms with Gasteiger partial charge in [0.2, 0.25) is 17.7 Å². The molecule has 1 heterocycles. The lowest BCUT2D eigenvalue weighted by atomic mass is 9.85. The lowest BCUT2D eigenvalue weighted by Crippen LogP contribution is -2.42. The van der Waals surface area contributed by atoms with Gasteiger partial charge in [-0.05, 0) is 37.2 Å². The molecule has 2 aliphatic carbocycles. The molecular formula is C20H22N2O3. The number of aryl methyl sites for hydroxylation is 1. The van der Waals surface area contributed by atoms with E-state index in [1.165, 1.54) is 10.5 Å². The number of amides is 3. The molecule has 5 nitrogen and oxygen atoms in total. The predicted octanol–water partition coefficient (Wildman–Crippen LogP) is 1.46. The van der Waals surface area contributed by atoms with E-state index in [-0.39, 0.29) is 47.9 Å². The SMILES string of the molecule is Cc1ccc(CCNC(=O)CN2C(=O)[C@@H]3[C@@H](C2=O)[C@H]2C=C[C@H]3C2)cc1. The summed E-state index contributed by atoms with van der Waals surface area (Å²) in [4.78, 5) is 38.4. The molecule has 5 heteroatoms. The Hall–Kier alpha value is -2.43. The van der Waals surface area contributed by atoms with Gasteiger partial charge in [-0.3, -0.25) is 19.3 Å². The van der Waals surface area contributed by atoms with Crippen LogP contribution in [0.3, 0.4) is 0 Å². The number of imide groups is 1. The first-order valence-electron chi connectivity index (χ1n) is 8.90. The van der Waals surface area contributed by atoms with Crippen LogP contribution in [0.5, 0.6) is 0 Å². The van der Waals surface area contributed by atoms with Gasteiger partial charge in [-0.25, -0.2) is 0 Å². The highest BCUT2D eigenvalue weighted by Gasteiger charge is 2.59. The van der Waals surface area contributed by atoms with E-state index in [1.54, 1.807) is 0 Å². The second-order valence-electron chi connectivity index (χ2n) is 7.35. The number of likely N-dealkylation sites (tertiary alicyclic amines) is 1. The molecular weight excluding hydrogens is 316 g/mol. The van der Waals surface area contributed by atoms with E-state index < -0.39 is 0 Å². The number of fused-ring (bicyclic) bond motifs is 5. The molecule has 25 heavy (non-hydrogen) atoms. The minimum absolute atomic E-state index is 0.155. The van der Waals surface area contributed by atoms with Crippen LogP contribution in [-0.2, 0) is 20.8 Å². The van der Waals surface area contributed by atoms with Crippen molar-refractivity contribution >= 4 is 17.7 Å². The van der Waals surface area contributed by atoms with Gasteiger partial charge in [-0.2, -0.15) is 0 Å². The molecule has 0 unspecified atom stereocenters. The maximum absolute atomic E-state index is 12.5. The molecule has 2 bridgehead atoms. The summed E-state index contributed by atoms with van der Waals surface area (Å²) in [7, 11) is 0. The van der Waals surface area contributed by atoms with Gasteiger partial charge in [-0.15, -0.1) is 0 Å². The minimum Gasteiger partial charge on any atom is -0.354 e. The summed E-state index contributed by atoms with van der Waals surface area (Å²) in [5.74, 6) is -0.706. The third kappa shape index (κ3) is 2.77. The van der Waals surface area contributed by atoms with Crippen LogP contribution >= 0.6 is 0 Å². The zero-order valence-corrected chi connectivity index (χ0v) is 14.3. The zero-order chi connectivity index (χ0) is 17.6. The number of carbonyl (C=O) groups excluding carboxylic acids is 3. The molecule has 0 aromatic heterocycles. The van der Waals surface area contributed by atoms with Gasteiger partial charge in [0.05, 0.1) is 11.8 Å². The highest BCUT2D eigenvalue weighted by molar-refractivity contribution is 6.08. The van der Waals surface area contributed by atoms with E-state index in [2.05, 4.69) is 17.5 Å². The van der Waals surface area contributed by atoms with E-state index in [0.29, 0.717) is 6.54 Å². The Kier molecular flexibility index (Phi) is 3.94. The molecule has 2 fully saturated rings. The molecule has 3 amide bonds. The number of carbonyl (C=O) groups is 3. The summed E-state index contributed by atoms with van der Waals surface area (Å²) in [5, 5.41) is 2.82. The van der Waals surface area contributed by atoms with E-state index in [0.717, 1.165) is 18.4 Å². The van der Waals surface area contributed by atoms with Crippen molar-refractivity contribution in [1.82, 2.24) is 10.2 Å². The van der Waals surface area contributed by atoms with Crippen LogP contribution in [0.4, 0.5) is 0 Å². The van der Waals surface area contributed by atoms with Crippen LogP contribution < -0.4 is 5.32 Å². The van der Waals surface area contributed by atoms with Crippen LogP contribution in [0.2, 0.25) is 0 Å². The fraction of sp³-hybridized carbons (Fsp3) is 0.450. The first-order chi connectivity index (χ1) is 12.0. The predicted molar refractivity (Wildman–Crippen MR) is 92.3 cm³/mol. The molecule has 4 atom stereocenters. The average molecular weight is 338 g/mol. The fourth-order valence-corrected chi connectivity index (χ4v) is 4.42. The van der Waals surface area contributed by atoms with Gasteiger partial charge in [0.1, 0.15) is 6.54 Å². The van der Waals surface area contributed by atoms with Crippen LogP contribution in [-0.4, -0.2) is 35.7 Å². The van der Waals surface area contributed by atoms with Gasteiger partial charge in [0, 0.05) is 6.54 Å². The van der Waals surface area contributed by atoms with Gasteiger partial charge in [-0.1, -0.05) is 42.0 Å². The second-order valence-corrected chi connectivity index (χ2v) is 7.35. The van der Waals surface area contributed by atoms with Crippen molar-refractivity contribution in [2.24, 2.45) is 23.7 Å². The lowest BCUT2D eigenvalue weighted by Gasteiger charge is -2.16. The maximum Gasteiger partial charge on any atom is 0.240 e. The van der Waals surface area contributed by atoms with Crippen LogP contribution in [0.15, 0.2) is 36.4 Å². The zero-order valence-electron chi connectivity index (χ0n) is 14.3. The van der Waals surface area contributed by atoms with Gasteiger partial charge < -0.3 is 5.32 Å². The summed E-state index contributed by atoms with van der Waals surface area (Å²) in [6.45, 7) is 2.38. The third-order valence-electron chi connectivity index (χ3n) is 5.72. The second kappa shape index (κ2) is 6.14. The largest absolute Gasteiger partial charge is 0.354 e. The first-order valence-corrected chi connectivity index (χ1v) is 8.90. The molecule has 3 aliphatic rings. The monoisotopic (exact) mass is 338 g/mol. The molecule has 1 saturated heterocycles. The van der Waals surface area contributed by atoms with Gasteiger partial charge in [0.15, 0.2) is 0 Å². The Morgan fingerprint density at radius 1 is 1.08 bits per heavy atom. The maximum atomic E-state index is 12.5. The molecule has 1 aliphatic heterocycles. The molecule has 1 aromatic carbocycles. The molecule has 0 radical (unpaired) electrons. The highest BCUT2D eigenvalue weighted by Crippen LogP contribution is 2.52. The number of rotatable bonds is 5. The number of allylic oxidation sites excluding steroid dienone is 2. The molecule has 0 spiro atoms. The number of hydrogen-bond donors (Lipinski definition) is 1. The van der Waals surface area contributed by atoms with Crippen molar-refractivity contribution in [3.05, 3.63) is 47.5 Å². The fourth-order valence-electron chi connectivity index (χ4n) is 4.42. The number of nitrogens with one attached hydrogen (secondary N) is 1. The van der Waals surface area contributed by atoms with E-state index in [9.17, 15) is 14.4 Å². The number of nitrogens with zero attached hydrogens (tertiary/aromatic N) is 1. The number of hydrogen-bond acceptors (Lipinski definition) is 3. The molecule has 1 N–H and O–H groups in total. The smallest absolute Gasteiger partial charge is 0.240 e. The molecule has 130 valence electrons. The van der Waals surface area contributed by atoms with Crippen molar-refractivity contribution in [2.75, 3.05) is 13.1 Å². The summed E-state index contributed by atoms with van der Waals surface area (Å²) >= 11 is 0. The van der Waals surface area contributed by atoms with E-state index >= 15 is 0 Å². The van der Waals surface area contributed by atoms with Crippen molar-refractivity contribution in [3.8, 4) is 0 Å². The van der Waals surface area contributed by atoms with Crippen molar-refractivity contribution in [3.63, 3.8) is 0 Å². The Morgan fingerprint density at radius 3 is 2.28 bits per heavy atom. The Labute approximate surface area is 147 Å². The van der Waals surface area contributed by atoms with Crippen molar-refractivity contribution in [1.29, 1.82) is 0 Å².